The Balaban J connectivity index is 2.45. The lowest BCUT2D eigenvalue weighted by Crippen LogP contribution is -1.98. The minimum absolute atomic E-state index is 0.0129. The minimum Gasteiger partial charge on any atom is -0.497 e. The van der Waals surface area contributed by atoms with E-state index in [0.717, 1.165) is 27.1 Å². The number of methoxy groups -OCH3 is 2. The first kappa shape index (κ1) is 15.7. The number of ether oxygens (including phenoxy) is 2. The van der Waals surface area contributed by atoms with Gasteiger partial charge in [0, 0.05) is 10.0 Å². The summed E-state index contributed by atoms with van der Waals surface area (Å²) in [6.07, 6.45) is 0. The van der Waals surface area contributed by atoms with Gasteiger partial charge in [-0.3, -0.25) is 0 Å². The normalized spacial score (nSPS) is 12.1. The van der Waals surface area contributed by atoms with Crippen LogP contribution in [0.2, 0.25) is 5.02 Å². The first-order valence-electron chi connectivity index (χ1n) is 5.87. The Morgan fingerprint density at radius 2 is 1.80 bits per heavy atom. The van der Waals surface area contributed by atoms with Gasteiger partial charge in [-0.2, -0.15) is 0 Å². The molecule has 0 radical (unpaired) electrons. The van der Waals surface area contributed by atoms with Crippen molar-refractivity contribution in [3.8, 4) is 11.5 Å². The van der Waals surface area contributed by atoms with Gasteiger partial charge >= 0.3 is 0 Å². The average Bonchev–Trinajstić information content (AvgIpc) is 2.48. The van der Waals surface area contributed by atoms with Gasteiger partial charge in [0.2, 0.25) is 0 Å². The molecule has 2 nitrogen and oxygen atoms in total. The van der Waals surface area contributed by atoms with E-state index in [1.165, 1.54) is 0 Å². The Morgan fingerprint density at radius 3 is 2.40 bits per heavy atom. The Labute approximate surface area is 140 Å². The molecule has 0 saturated carbocycles. The smallest absolute Gasteiger partial charge is 0.123 e. The lowest BCUT2D eigenvalue weighted by Gasteiger charge is -2.16. The summed E-state index contributed by atoms with van der Waals surface area (Å²) in [5.74, 6) is 1.59. The minimum atomic E-state index is -0.0129. The van der Waals surface area contributed by atoms with Crippen molar-refractivity contribution in [1.29, 1.82) is 0 Å². The van der Waals surface area contributed by atoms with Gasteiger partial charge in [0.1, 0.15) is 11.5 Å². The van der Waals surface area contributed by atoms with Crippen molar-refractivity contribution < 1.29 is 9.47 Å². The van der Waals surface area contributed by atoms with E-state index >= 15 is 0 Å². The summed E-state index contributed by atoms with van der Waals surface area (Å²) in [5.41, 5.74) is 2.08. The highest BCUT2D eigenvalue weighted by molar-refractivity contribution is 9.10. The molecule has 5 heteroatoms. The second-order valence-corrected chi connectivity index (χ2v) is 6.32. The third-order valence-electron chi connectivity index (χ3n) is 2.95. The van der Waals surface area contributed by atoms with Crippen LogP contribution in [0.15, 0.2) is 40.9 Å². The molecule has 1 unspecified atom stereocenters. The molecular formula is C15H13Br2ClO2. The predicted octanol–water partition coefficient (Wildman–Crippen LogP) is 5.60. The number of hydrogen-bond acceptors (Lipinski definition) is 2. The number of rotatable bonds is 4. The van der Waals surface area contributed by atoms with Crippen molar-refractivity contribution in [1.82, 2.24) is 0 Å². The van der Waals surface area contributed by atoms with Gasteiger partial charge < -0.3 is 9.47 Å². The topological polar surface area (TPSA) is 18.5 Å². The molecule has 106 valence electrons. The third-order valence-corrected chi connectivity index (χ3v) is 5.18. The second-order valence-electron chi connectivity index (χ2n) is 4.14. The second kappa shape index (κ2) is 6.83. The van der Waals surface area contributed by atoms with Gasteiger partial charge in [0.25, 0.3) is 0 Å². The van der Waals surface area contributed by atoms with Crippen molar-refractivity contribution in [2.75, 3.05) is 14.2 Å². The van der Waals surface area contributed by atoms with Crippen LogP contribution in [0.1, 0.15) is 16.0 Å². The van der Waals surface area contributed by atoms with Gasteiger partial charge in [-0.15, -0.1) is 0 Å². The highest BCUT2D eigenvalue weighted by Gasteiger charge is 2.17. The SMILES string of the molecule is COc1ccc(OC)c(C(Br)c2ccc(Cl)c(Br)c2)c1. The molecule has 0 aromatic heterocycles. The first-order valence-corrected chi connectivity index (χ1v) is 7.96. The zero-order chi connectivity index (χ0) is 14.7. The summed E-state index contributed by atoms with van der Waals surface area (Å²) in [6.45, 7) is 0. The van der Waals surface area contributed by atoms with E-state index in [9.17, 15) is 0 Å². The van der Waals surface area contributed by atoms with Crippen LogP contribution in [0.5, 0.6) is 11.5 Å². The maximum Gasteiger partial charge on any atom is 0.123 e. The molecule has 0 aliphatic heterocycles. The van der Waals surface area contributed by atoms with Crippen molar-refractivity contribution in [2.45, 2.75) is 4.83 Å². The summed E-state index contributed by atoms with van der Waals surface area (Å²) in [4.78, 5) is -0.0129. The van der Waals surface area contributed by atoms with Crippen molar-refractivity contribution in [3.63, 3.8) is 0 Å². The van der Waals surface area contributed by atoms with Crippen molar-refractivity contribution in [3.05, 3.63) is 57.0 Å². The highest BCUT2D eigenvalue weighted by Crippen LogP contribution is 2.40. The molecule has 2 rings (SSSR count). The van der Waals surface area contributed by atoms with Gasteiger partial charge in [0.05, 0.1) is 24.1 Å². The summed E-state index contributed by atoms with van der Waals surface area (Å²) in [7, 11) is 3.30. The highest BCUT2D eigenvalue weighted by atomic mass is 79.9. The first-order chi connectivity index (χ1) is 9.56. The van der Waals surface area contributed by atoms with E-state index in [1.54, 1.807) is 14.2 Å². The van der Waals surface area contributed by atoms with Crippen LogP contribution in [0.3, 0.4) is 0 Å². The lowest BCUT2D eigenvalue weighted by atomic mass is 10.0. The summed E-state index contributed by atoms with van der Waals surface area (Å²) in [6, 6.07) is 11.6. The fraction of sp³-hybridized carbons (Fsp3) is 0.200. The maximum absolute atomic E-state index is 6.03. The molecule has 2 aromatic carbocycles. The lowest BCUT2D eigenvalue weighted by molar-refractivity contribution is 0.399. The molecule has 0 heterocycles. The van der Waals surface area contributed by atoms with Crippen LogP contribution in [-0.4, -0.2) is 14.2 Å². The number of hydrogen-bond donors (Lipinski definition) is 0. The van der Waals surface area contributed by atoms with Crippen LogP contribution < -0.4 is 9.47 Å². The maximum atomic E-state index is 6.03. The van der Waals surface area contributed by atoms with Gasteiger partial charge in [-0.1, -0.05) is 33.6 Å². The number of benzene rings is 2. The zero-order valence-corrected chi connectivity index (χ0v) is 14.9. The van der Waals surface area contributed by atoms with Crippen LogP contribution >= 0.6 is 43.5 Å². The quantitative estimate of drug-likeness (QED) is 0.599. The molecule has 0 bridgehead atoms. The summed E-state index contributed by atoms with van der Waals surface area (Å²) >= 11 is 13.2. The molecule has 0 aliphatic rings. The molecule has 20 heavy (non-hydrogen) atoms. The molecule has 0 aliphatic carbocycles. The van der Waals surface area contributed by atoms with E-state index in [-0.39, 0.29) is 4.83 Å². The third kappa shape index (κ3) is 3.30. The number of halogens is 3. The van der Waals surface area contributed by atoms with E-state index in [0.29, 0.717) is 5.02 Å². The Hall–Kier alpha value is -0.710. The van der Waals surface area contributed by atoms with Crippen LogP contribution in [0.25, 0.3) is 0 Å². The molecule has 1 atom stereocenters. The predicted molar refractivity (Wildman–Crippen MR) is 89.5 cm³/mol. The Bertz CT molecular complexity index is 617. The van der Waals surface area contributed by atoms with Crippen molar-refractivity contribution in [2.24, 2.45) is 0 Å². The number of alkyl halides is 1. The van der Waals surface area contributed by atoms with E-state index in [4.69, 9.17) is 21.1 Å². The molecule has 0 amide bonds. The largest absolute Gasteiger partial charge is 0.497 e. The van der Waals surface area contributed by atoms with Gasteiger partial charge in [-0.25, -0.2) is 0 Å². The standard InChI is InChI=1S/C15H13Br2ClO2/c1-19-10-4-6-14(20-2)11(8-10)15(17)9-3-5-13(18)12(16)7-9/h3-8,15H,1-2H3. The molecule has 0 spiro atoms. The summed E-state index contributed by atoms with van der Waals surface area (Å²) in [5, 5.41) is 0.686. The zero-order valence-electron chi connectivity index (χ0n) is 11.0. The summed E-state index contributed by atoms with van der Waals surface area (Å²) < 4.78 is 11.6. The average molecular weight is 421 g/mol. The van der Waals surface area contributed by atoms with Gasteiger partial charge in [0.15, 0.2) is 0 Å². The van der Waals surface area contributed by atoms with Gasteiger partial charge in [-0.05, 0) is 51.8 Å². The monoisotopic (exact) mass is 418 g/mol. The molecule has 2 aromatic rings. The molecule has 0 N–H and O–H groups in total. The van der Waals surface area contributed by atoms with E-state index < -0.39 is 0 Å². The van der Waals surface area contributed by atoms with E-state index in [2.05, 4.69) is 31.9 Å². The van der Waals surface area contributed by atoms with Crippen LogP contribution in [0, 0.1) is 0 Å². The fourth-order valence-corrected chi connectivity index (χ4v) is 3.04. The molecule has 0 fully saturated rings. The molecular weight excluding hydrogens is 407 g/mol. The van der Waals surface area contributed by atoms with E-state index in [1.807, 2.05) is 36.4 Å². The molecule has 0 saturated heterocycles. The fourth-order valence-electron chi connectivity index (χ4n) is 1.89. The van der Waals surface area contributed by atoms with Crippen molar-refractivity contribution >= 4 is 43.5 Å². The van der Waals surface area contributed by atoms with Crippen LogP contribution in [-0.2, 0) is 0 Å². The Morgan fingerprint density at radius 1 is 1.05 bits per heavy atom. The van der Waals surface area contributed by atoms with Crippen LogP contribution in [0.4, 0.5) is 0 Å². The Kier molecular flexibility index (Phi) is 5.35.